The predicted molar refractivity (Wildman–Crippen MR) is 120 cm³/mol. The minimum Gasteiger partial charge on any atom is -0.481 e. The van der Waals surface area contributed by atoms with Gasteiger partial charge in [0.25, 0.3) is 0 Å². The second kappa shape index (κ2) is 12.9. The normalized spacial score (nSPS) is 10.9. The molecule has 162 valence electrons. The van der Waals surface area contributed by atoms with Crippen molar-refractivity contribution in [2.75, 3.05) is 26.2 Å². The molecule has 7 heteroatoms. The van der Waals surface area contributed by atoms with Crippen LogP contribution < -0.4 is 5.73 Å². The standard InChI is InChI=1S/C23H30ClN3O3/c24-21-11-9-19(10-12-21)13-17-26(14-4-8-22(28)29)15-5-16-27(23(25)30)18-20-6-2-1-3-7-20/h1-3,6-7,9-12H,4-5,8,13-18H2,(H2,25,30)(H,28,29). The monoisotopic (exact) mass is 431 g/mol. The van der Waals surface area contributed by atoms with Gasteiger partial charge in [0, 0.05) is 31.1 Å². The summed E-state index contributed by atoms with van der Waals surface area (Å²) in [7, 11) is 0. The molecule has 0 unspecified atom stereocenters. The van der Waals surface area contributed by atoms with E-state index < -0.39 is 12.0 Å². The lowest BCUT2D eigenvalue weighted by Gasteiger charge is -2.25. The fraction of sp³-hybridized carbons (Fsp3) is 0.391. The van der Waals surface area contributed by atoms with Gasteiger partial charge in [0.15, 0.2) is 0 Å². The number of nitrogens with two attached hydrogens (primary N) is 1. The van der Waals surface area contributed by atoms with Crippen LogP contribution in [0.25, 0.3) is 0 Å². The zero-order chi connectivity index (χ0) is 21.8. The van der Waals surface area contributed by atoms with Crippen LogP contribution in [0.2, 0.25) is 5.02 Å². The minimum atomic E-state index is -0.782. The molecule has 0 saturated heterocycles. The molecule has 2 aromatic rings. The van der Waals surface area contributed by atoms with Crippen LogP contribution in [0, 0.1) is 0 Å². The van der Waals surface area contributed by atoms with Gasteiger partial charge in [-0.1, -0.05) is 54.1 Å². The summed E-state index contributed by atoms with van der Waals surface area (Å²) in [5, 5.41) is 9.63. The first kappa shape index (κ1) is 23.7. The molecule has 30 heavy (non-hydrogen) atoms. The highest BCUT2D eigenvalue weighted by atomic mass is 35.5. The Hall–Kier alpha value is -2.57. The van der Waals surface area contributed by atoms with Crippen LogP contribution >= 0.6 is 11.6 Å². The van der Waals surface area contributed by atoms with Crippen molar-refractivity contribution in [2.24, 2.45) is 5.73 Å². The van der Waals surface area contributed by atoms with Crippen LogP contribution in [-0.2, 0) is 17.8 Å². The number of aliphatic carboxylic acids is 1. The Bertz CT molecular complexity index is 784. The molecule has 2 amide bonds. The number of benzene rings is 2. The third-order valence-electron chi connectivity index (χ3n) is 4.93. The number of hydrogen-bond acceptors (Lipinski definition) is 3. The minimum absolute atomic E-state index is 0.152. The molecule has 0 heterocycles. The van der Waals surface area contributed by atoms with Gasteiger partial charge in [-0.2, -0.15) is 0 Å². The highest BCUT2D eigenvalue weighted by Crippen LogP contribution is 2.11. The lowest BCUT2D eigenvalue weighted by Crippen LogP contribution is -2.38. The van der Waals surface area contributed by atoms with E-state index in [1.54, 1.807) is 4.90 Å². The lowest BCUT2D eigenvalue weighted by atomic mass is 10.1. The molecule has 0 bridgehead atoms. The van der Waals surface area contributed by atoms with Crippen LogP contribution in [0.5, 0.6) is 0 Å². The molecule has 6 nitrogen and oxygen atoms in total. The summed E-state index contributed by atoms with van der Waals surface area (Å²) in [6.07, 6.45) is 2.37. The molecule has 0 spiro atoms. The molecule has 0 atom stereocenters. The van der Waals surface area contributed by atoms with Gasteiger partial charge in [0.2, 0.25) is 0 Å². The van der Waals surface area contributed by atoms with E-state index in [-0.39, 0.29) is 6.42 Å². The molecule has 2 aromatic carbocycles. The SMILES string of the molecule is NC(=O)N(CCCN(CCCC(=O)O)CCc1ccc(Cl)cc1)Cc1ccccc1. The number of nitrogens with zero attached hydrogens (tertiary/aromatic N) is 2. The summed E-state index contributed by atoms with van der Waals surface area (Å²) >= 11 is 5.95. The highest BCUT2D eigenvalue weighted by molar-refractivity contribution is 6.30. The Morgan fingerprint density at radius 2 is 1.53 bits per heavy atom. The average molecular weight is 432 g/mol. The Kier molecular flexibility index (Phi) is 10.2. The van der Waals surface area contributed by atoms with E-state index in [4.69, 9.17) is 22.4 Å². The molecule has 0 aliphatic rings. The van der Waals surface area contributed by atoms with E-state index in [0.717, 1.165) is 31.5 Å². The van der Waals surface area contributed by atoms with Crippen LogP contribution in [0.4, 0.5) is 4.79 Å². The first-order valence-corrected chi connectivity index (χ1v) is 10.6. The van der Waals surface area contributed by atoms with Gasteiger partial charge in [-0.15, -0.1) is 0 Å². The van der Waals surface area contributed by atoms with Gasteiger partial charge in [-0.3, -0.25) is 4.79 Å². The molecule has 2 rings (SSSR count). The number of carboxylic acid groups (broad SMARTS) is 1. The first-order chi connectivity index (χ1) is 14.4. The van der Waals surface area contributed by atoms with Crippen molar-refractivity contribution in [3.8, 4) is 0 Å². The summed E-state index contributed by atoms with van der Waals surface area (Å²) in [5.74, 6) is -0.782. The van der Waals surface area contributed by atoms with E-state index in [9.17, 15) is 9.59 Å². The number of rotatable bonds is 13. The first-order valence-electron chi connectivity index (χ1n) is 10.2. The van der Waals surface area contributed by atoms with Crippen LogP contribution in [-0.4, -0.2) is 53.1 Å². The number of amides is 2. The van der Waals surface area contributed by atoms with Crippen molar-refractivity contribution in [1.29, 1.82) is 0 Å². The second-order valence-corrected chi connectivity index (χ2v) is 7.75. The summed E-state index contributed by atoms with van der Waals surface area (Å²) in [6, 6.07) is 17.1. The second-order valence-electron chi connectivity index (χ2n) is 7.31. The van der Waals surface area contributed by atoms with Gasteiger partial charge < -0.3 is 20.6 Å². The molecule has 3 N–H and O–H groups in total. The zero-order valence-corrected chi connectivity index (χ0v) is 17.9. The van der Waals surface area contributed by atoms with Crippen LogP contribution in [0.1, 0.15) is 30.4 Å². The highest BCUT2D eigenvalue weighted by Gasteiger charge is 2.12. The van der Waals surface area contributed by atoms with Crippen molar-refractivity contribution in [3.05, 3.63) is 70.7 Å². The maximum Gasteiger partial charge on any atom is 0.315 e. The number of primary amides is 1. The number of urea groups is 1. The van der Waals surface area contributed by atoms with E-state index in [2.05, 4.69) is 4.90 Å². The summed E-state index contributed by atoms with van der Waals surface area (Å²) in [6.45, 7) is 3.33. The third-order valence-corrected chi connectivity index (χ3v) is 5.18. The number of carboxylic acids is 1. The molecule has 0 aromatic heterocycles. The van der Waals surface area contributed by atoms with Gasteiger partial charge >= 0.3 is 12.0 Å². The fourth-order valence-corrected chi connectivity index (χ4v) is 3.41. The van der Waals surface area contributed by atoms with E-state index in [0.29, 0.717) is 31.1 Å². The average Bonchev–Trinajstić information content (AvgIpc) is 2.72. The van der Waals surface area contributed by atoms with Gasteiger partial charge in [-0.25, -0.2) is 4.79 Å². The molecular formula is C23H30ClN3O3. The Balaban J connectivity index is 1.86. The number of hydrogen-bond donors (Lipinski definition) is 2. The van der Waals surface area contributed by atoms with Crippen molar-refractivity contribution in [1.82, 2.24) is 9.80 Å². The number of carbonyl (C=O) groups excluding carboxylic acids is 1. The lowest BCUT2D eigenvalue weighted by molar-refractivity contribution is -0.137. The third kappa shape index (κ3) is 9.29. The molecule has 0 aliphatic heterocycles. The Morgan fingerprint density at radius 1 is 0.867 bits per heavy atom. The Morgan fingerprint density at radius 3 is 2.17 bits per heavy atom. The van der Waals surface area contributed by atoms with E-state index >= 15 is 0 Å². The van der Waals surface area contributed by atoms with Gasteiger partial charge in [0.05, 0.1) is 0 Å². The summed E-state index contributed by atoms with van der Waals surface area (Å²) in [4.78, 5) is 26.6. The maximum atomic E-state index is 11.8. The van der Waals surface area contributed by atoms with Crippen LogP contribution in [0.15, 0.2) is 54.6 Å². The maximum absolute atomic E-state index is 11.8. The Labute approximate surface area is 183 Å². The molecule has 0 aliphatic carbocycles. The summed E-state index contributed by atoms with van der Waals surface area (Å²) in [5.41, 5.74) is 7.78. The topological polar surface area (TPSA) is 86.9 Å². The van der Waals surface area contributed by atoms with Gasteiger partial charge in [-0.05, 0) is 55.6 Å². The van der Waals surface area contributed by atoms with E-state index in [1.165, 1.54) is 5.56 Å². The zero-order valence-electron chi connectivity index (χ0n) is 17.2. The van der Waals surface area contributed by atoms with Gasteiger partial charge in [0.1, 0.15) is 0 Å². The predicted octanol–water partition coefficient (Wildman–Crippen LogP) is 4.02. The molecular weight excluding hydrogens is 402 g/mol. The van der Waals surface area contributed by atoms with Crippen molar-refractivity contribution >= 4 is 23.6 Å². The number of halogens is 1. The molecule has 0 radical (unpaired) electrons. The molecule has 0 fully saturated rings. The van der Waals surface area contributed by atoms with Crippen molar-refractivity contribution in [2.45, 2.75) is 32.2 Å². The van der Waals surface area contributed by atoms with Crippen LogP contribution in [0.3, 0.4) is 0 Å². The van der Waals surface area contributed by atoms with Crippen molar-refractivity contribution < 1.29 is 14.7 Å². The largest absolute Gasteiger partial charge is 0.481 e. The fourth-order valence-electron chi connectivity index (χ4n) is 3.28. The van der Waals surface area contributed by atoms with Crippen molar-refractivity contribution in [3.63, 3.8) is 0 Å². The number of carbonyl (C=O) groups is 2. The summed E-state index contributed by atoms with van der Waals surface area (Å²) < 4.78 is 0. The van der Waals surface area contributed by atoms with E-state index in [1.807, 2.05) is 54.6 Å². The quantitative estimate of drug-likeness (QED) is 0.501. The smallest absolute Gasteiger partial charge is 0.315 e. The molecule has 0 saturated carbocycles.